The summed E-state index contributed by atoms with van der Waals surface area (Å²) < 4.78 is 5.29. The van der Waals surface area contributed by atoms with Gasteiger partial charge >= 0.3 is 0 Å². The summed E-state index contributed by atoms with van der Waals surface area (Å²) in [7, 11) is 1.65. The highest BCUT2D eigenvalue weighted by atomic mass is 32.1. The van der Waals surface area contributed by atoms with Gasteiger partial charge in [-0.25, -0.2) is 0 Å². The molecule has 0 aliphatic carbocycles. The molecule has 1 aromatic heterocycles. The van der Waals surface area contributed by atoms with Gasteiger partial charge in [-0.05, 0) is 42.0 Å². The summed E-state index contributed by atoms with van der Waals surface area (Å²) in [6, 6.07) is 11.6. The predicted octanol–water partition coefficient (Wildman–Crippen LogP) is 3.24. The van der Waals surface area contributed by atoms with Crippen LogP contribution in [0.4, 0.5) is 0 Å². The van der Waals surface area contributed by atoms with Gasteiger partial charge < -0.3 is 15.0 Å². The Bertz CT molecular complexity index is 730. The number of carbonyl (C=O) groups excluding carboxylic acids is 2. The van der Waals surface area contributed by atoms with Crippen LogP contribution in [-0.2, 0) is 4.79 Å². The van der Waals surface area contributed by atoms with Crippen LogP contribution in [0.1, 0.15) is 40.5 Å². The molecule has 3 rings (SSSR count). The second kappa shape index (κ2) is 8.16. The lowest BCUT2D eigenvalue weighted by Crippen LogP contribution is -2.34. The summed E-state index contributed by atoms with van der Waals surface area (Å²) in [5.41, 5.74) is 1.10. The van der Waals surface area contributed by atoms with E-state index >= 15 is 0 Å². The standard InChI is InChI=1S/C19H22N2O3S/c1-24-15-6-2-5-14(13-15)16-7-3-11-21(16)18(22)9-10-20-19(23)17-8-4-12-25-17/h2,4-6,8,12-13,16H,3,7,9-11H2,1H3,(H,20,23). The van der Waals surface area contributed by atoms with Crippen LogP contribution >= 0.6 is 11.3 Å². The first-order valence-electron chi connectivity index (χ1n) is 8.44. The van der Waals surface area contributed by atoms with Gasteiger partial charge in [0.05, 0.1) is 18.0 Å². The molecule has 0 bridgehead atoms. The number of likely N-dealkylation sites (tertiary alicyclic amines) is 1. The maximum Gasteiger partial charge on any atom is 0.261 e. The van der Waals surface area contributed by atoms with Crippen LogP contribution < -0.4 is 10.1 Å². The van der Waals surface area contributed by atoms with Gasteiger partial charge in [0.25, 0.3) is 5.91 Å². The van der Waals surface area contributed by atoms with Gasteiger partial charge in [0.1, 0.15) is 5.75 Å². The minimum absolute atomic E-state index is 0.0804. The second-order valence-electron chi connectivity index (χ2n) is 6.00. The number of thiophene rings is 1. The van der Waals surface area contributed by atoms with Crippen molar-refractivity contribution in [1.29, 1.82) is 0 Å². The number of carbonyl (C=O) groups is 2. The van der Waals surface area contributed by atoms with E-state index in [4.69, 9.17) is 4.74 Å². The van der Waals surface area contributed by atoms with Crippen LogP contribution in [0.2, 0.25) is 0 Å². The van der Waals surface area contributed by atoms with Crippen molar-refractivity contribution in [3.05, 3.63) is 52.2 Å². The van der Waals surface area contributed by atoms with Gasteiger partial charge in [-0.2, -0.15) is 0 Å². The van der Waals surface area contributed by atoms with Crippen molar-refractivity contribution in [3.8, 4) is 5.75 Å². The van der Waals surface area contributed by atoms with Crippen molar-refractivity contribution in [3.63, 3.8) is 0 Å². The molecule has 0 radical (unpaired) electrons. The zero-order valence-corrected chi connectivity index (χ0v) is 15.1. The highest BCUT2D eigenvalue weighted by Crippen LogP contribution is 2.33. The number of methoxy groups -OCH3 is 1. The molecule has 1 aromatic carbocycles. The molecule has 1 aliphatic rings. The van der Waals surface area contributed by atoms with E-state index in [1.807, 2.05) is 40.6 Å². The molecule has 1 atom stereocenters. The fourth-order valence-corrected chi connectivity index (χ4v) is 3.82. The van der Waals surface area contributed by atoms with Crippen molar-refractivity contribution in [1.82, 2.24) is 10.2 Å². The van der Waals surface area contributed by atoms with Gasteiger partial charge in [0, 0.05) is 19.5 Å². The molecule has 2 amide bonds. The lowest BCUT2D eigenvalue weighted by Gasteiger charge is -2.25. The number of benzene rings is 1. The summed E-state index contributed by atoms with van der Waals surface area (Å²) in [4.78, 5) is 27.1. The number of nitrogens with one attached hydrogen (secondary N) is 1. The minimum atomic E-state index is -0.117. The van der Waals surface area contributed by atoms with E-state index in [1.54, 1.807) is 13.2 Å². The Kier molecular flexibility index (Phi) is 5.71. The summed E-state index contributed by atoms with van der Waals surface area (Å²) in [6.07, 6.45) is 2.27. The number of nitrogens with zero attached hydrogens (tertiary/aromatic N) is 1. The molecule has 5 nitrogen and oxygen atoms in total. The summed E-state index contributed by atoms with van der Waals surface area (Å²) in [6.45, 7) is 1.12. The molecule has 0 spiro atoms. The van der Waals surface area contributed by atoms with Gasteiger partial charge in [0.2, 0.25) is 5.91 Å². The number of amides is 2. The molecule has 1 saturated heterocycles. The van der Waals surface area contributed by atoms with E-state index < -0.39 is 0 Å². The van der Waals surface area contributed by atoms with Crippen LogP contribution in [0.15, 0.2) is 41.8 Å². The Balaban J connectivity index is 1.56. The molecular weight excluding hydrogens is 336 g/mol. The summed E-state index contributed by atoms with van der Waals surface area (Å²) >= 11 is 1.40. The summed E-state index contributed by atoms with van der Waals surface area (Å²) in [5, 5.41) is 4.68. The topological polar surface area (TPSA) is 58.6 Å². The third kappa shape index (κ3) is 4.20. The average molecular weight is 358 g/mol. The fraction of sp³-hybridized carbons (Fsp3) is 0.368. The number of hydrogen-bond donors (Lipinski definition) is 1. The molecule has 1 aliphatic heterocycles. The largest absolute Gasteiger partial charge is 0.497 e. The normalized spacial score (nSPS) is 16.7. The first kappa shape index (κ1) is 17.5. The molecule has 132 valence electrons. The molecule has 1 fully saturated rings. The number of ether oxygens (including phenoxy) is 1. The van der Waals surface area contributed by atoms with E-state index in [9.17, 15) is 9.59 Å². The molecule has 25 heavy (non-hydrogen) atoms. The Morgan fingerprint density at radius 2 is 2.20 bits per heavy atom. The van der Waals surface area contributed by atoms with E-state index in [2.05, 4.69) is 5.32 Å². The van der Waals surface area contributed by atoms with Gasteiger partial charge in [0.15, 0.2) is 0 Å². The lowest BCUT2D eigenvalue weighted by atomic mass is 10.0. The van der Waals surface area contributed by atoms with Crippen LogP contribution in [0.5, 0.6) is 5.75 Å². The highest BCUT2D eigenvalue weighted by Gasteiger charge is 2.29. The van der Waals surface area contributed by atoms with Crippen molar-refractivity contribution in [2.75, 3.05) is 20.2 Å². The van der Waals surface area contributed by atoms with Crippen LogP contribution in [0.3, 0.4) is 0 Å². The molecule has 1 N–H and O–H groups in total. The quantitative estimate of drug-likeness (QED) is 0.862. The Labute approximate surface area is 151 Å². The van der Waals surface area contributed by atoms with Crippen molar-refractivity contribution < 1.29 is 14.3 Å². The zero-order chi connectivity index (χ0) is 17.6. The van der Waals surface area contributed by atoms with Crippen molar-refractivity contribution in [2.24, 2.45) is 0 Å². The smallest absolute Gasteiger partial charge is 0.261 e. The van der Waals surface area contributed by atoms with Crippen LogP contribution in [-0.4, -0.2) is 36.9 Å². The fourth-order valence-electron chi connectivity index (χ4n) is 3.18. The van der Waals surface area contributed by atoms with E-state index in [0.717, 1.165) is 30.7 Å². The second-order valence-corrected chi connectivity index (χ2v) is 6.95. The molecule has 0 saturated carbocycles. The van der Waals surface area contributed by atoms with Crippen molar-refractivity contribution >= 4 is 23.2 Å². The first-order valence-corrected chi connectivity index (χ1v) is 9.32. The van der Waals surface area contributed by atoms with Gasteiger partial charge in [-0.3, -0.25) is 9.59 Å². The van der Waals surface area contributed by atoms with Crippen LogP contribution in [0, 0.1) is 0 Å². The number of hydrogen-bond acceptors (Lipinski definition) is 4. The molecule has 1 unspecified atom stereocenters. The maximum absolute atomic E-state index is 12.6. The van der Waals surface area contributed by atoms with Gasteiger partial charge in [-0.15, -0.1) is 11.3 Å². The predicted molar refractivity (Wildman–Crippen MR) is 98.0 cm³/mol. The van der Waals surface area contributed by atoms with E-state index in [1.165, 1.54) is 11.3 Å². The first-order chi connectivity index (χ1) is 12.2. The Hall–Kier alpha value is -2.34. The summed E-state index contributed by atoms with van der Waals surface area (Å²) in [5.74, 6) is 0.769. The average Bonchev–Trinajstić information content (AvgIpc) is 3.33. The van der Waals surface area contributed by atoms with Crippen molar-refractivity contribution in [2.45, 2.75) is 25.3 Å². The highest BCUT2D eigenvalue weighted by molar-refractivity contribution is 7.12. The third-order valence-corrected chi connectivity index (χ3v) is 5.29. The zero-order valence-electron chi connectivity index (χ0n) is 14.2. The molecule has 2 heterocycles. The van der Waals surface area contributed by atoms with Crippen LogP contribution in [0.25, 0.3) is 0 Å². The number of rotatable bonds is 6. The minimum Gasteiger partial charge on any atom is -0.497 e. The molecule has 6 heteroatoms. The maximum atomic E-state index is 12.6. The van der Waals surface area contributed by atoms with Gasteiger partial charge in [-0.1, -0.05) is 18.2 Å². The Morgan fingerprint density at radius 3 is 2.96 bits per heavy atom. The van der Waals surface area contributed by atoms with E-state index in [0.29, 0.717) is 17.8 Å². The monoisotopic (exact) mass is 358 g/mol. The Morgan fingerprint density at radius 1 is 1.32 bits per heavy atom. The third-order valence-electron chi connectivity index (χ3n) is 4.42. The van der Waals surface area contributed by atoms with E-state index in [-0.39, 0.29) is 17.9 Å². The SMILES string of the molecule is COc1cccc(C2CCCN2C(=O)CCNC(=O)c2cccs2)c1. The molecular formula is C19H22N2O3S. The molecule has 2 aromatic rings. The lowest BCUT2D eigenvalue weighted by molar-refractivity contribution is -0.132.